The zero-order valence-corrected chi connectivity index (χ0v) is 17.1. The van der Waals surface area contributed by atoms with Gasteiger partial charge in [0.2, 0.25) is 0 Å². The second-order valence-corrected chi connectivity index (χ2v) is 8.42. The molecule has 3 rings (SSSR count). The van der Waals surface area contributed by atoms with E-state index < -0.39 is 5.60 Å². The molecule has 0 spiro atoms. The molecule has 1 amide bonds. The first kappa shape index (κ1) is 19.3. The van der Waals surface area contributed by atoms with Gasteiger partial charge in [-0.15, -0.1) is 0 Å². The number of amides is 1. The molecule has 0 saturated heterocycles. The number of rotatable bonds is 1. The fraction of sp³-hybridized carbons (Fsp3) is 0.524. The minimum Gasteiger partial charge on any atom is -0.444 e. The third-order valence-electron chi connectivity index (χ3n) is 5.07. The van der Waals surface area contributed by atoms with Crippen LogP contribution in [0.1, 0.15) is 44.4 Å². The predicted molar refractivity (Wildman–Crippen MR) is 106 cm³/mol. The van der Waals surface area contributed by atoms with Crippen molar-refractivity contribution in [3.8, 4) is 0 Å². The fourth-order valence-electron chi connectivity index (χ4n) is 3.44. The zero-order chi connectivity index (χ0) is 19.9. The third-order valence-corrected chi connectivity index (χ3v) is 5.07. The van der Waals surface area contributed by atoms with E-state index in [0.717, 1.165) is 22.3 Å². The Morgan fingerprint density at radius 1 is 1.22 bits per heavy atom. The topological polar surface area (TPSA) is 54.8 Å². The van der Waals surface area contributed by atoms with Crippen molar-refractivity contribution in [3.05, 3.63) is 51.6 Å². The highest BCUT2D eigenvalue weighted by Crippen LogP contribution is 2.29. The summed E-state index contributed by atoms with van der Waals surface area (Å²) in [6, 6.07) is 0.329. The van der Waals surface area contributed by atoms with Crippen LogP contribution in [0.2, 0.25) is 0 Å². The minimum absolute atomic E-state index is 0.0136. The molecule has 0 bridgehead atoms. The average molecular weight is 371 g/mol. The highest BCUT2D eigenvalue weighted by Gasteiger charge is 2.29. The lowest BCUT2D eigenvalue weighted by molar-refractivity contribution is 0.0223. The summed E-state index contributed by atoms with van der Waals surface area (Å²) in [4.78, 5) is 29.0. The summed E-state index contributed by atoms with van der Waals surface area (Å²) < 4.78 is 7.17. The van der Waals surface area contributed by atoms with Gasteiger partial charge in [0.15, 0.2) is 0 Å². The quantitative estimate of drug-likeness (QED) is 0.762. The number of likely N-dealkylation sites (N-methyl/N-ethyl adjacent to an activating group) is 1. The van der Waals surface area contributed by atoms with Gasteiger partial charge in [-0.2, -0.15) is 0 Å². The van der Waals surface area contributed by atoms with Gasteiger partial charge in [0.05, 0.1) is 6.54 Å². The Hall–Kier alpha value is -2.50. The molecular formula is C21H29N3O3. The lowest BCUT2D eigenvalue weighted by atomic mass is 9.92. The van der Waals surface area contributed by atoms with Gasteiger partial charge in [-0.05, 0) is 45.3 Å². The summed E-state index contributed by atoms with van der Waals surface area (Å²) >= 11 is 0. The van der Waals surface area contributed by atoms with E-state index in [2.05, 4.69) is 30.2 Å². The Balaban J connectivity index is 2.00. The number of hydrogen-bond donors (Lipinski definition) is 0. The lowest BCUT2D eigenvalue weighted by Crippen LogP contribution is -2.42. The summed E-state index contributed by atoms with van der Waals surface area (Å²) in [5.41, 5.74) is 3.24. The molecule has 1 aromatic heterocycles. The summed E-state index contributed by atoms with van der Waals surface area (Å²) in [7, 11) is 3.82. The molecule has 2 aliphatic heterocycles. The van der Waals surface area contributed by atoms with Gasteiger partial charge >= 0.3 is 6.09 Å². The number of allylic oxidation sites excluding steroid dienone is 2. The number of aryl methyl sites for hydroxylation is 1. The van der Waals surface area contributed by atoms with Crippen molar-refractivity contribution in [1.29, 1.82) is 0 Å². The van der Waals surface area contributed by atoms with Crippen molar-refractivity contribution in [2.45, 2.75) is 52.3 Å². The normalized spacial score (nSPS) is 19.6. The van der Waals surface area contributed by atoms with Crippen LogP contribution >= 0.6 is 0 Å². The number of hydrogen-bond acceptors (Lipinski definition) is 4. The molecule has 0 aliphatic carbocycles. The molecule has 6 nitrogen and oxygen atoms in total. The zero-order valence-electron chi connectivity index (χ0n) is 17.1. The number of carbonyl (C=O) groups excluding carboxylic acids is 1. The van der Waals surface area contributed by atoms with Crippen LogP contribution in [0.3, 0.4) is 0 Å². The molecular weight excluding hydrogens is 342 g/mol. The van der Waals surface area contributed by atoms with E-state index >= 15 is 0 Å². The maximum atomic E-state index is 12.7. The van der Waals surface area contributed by atoms with Crippen LogP contribution in [0, 0.1) is 0 Å². The van der Waals surface area contributed by atoms with Gasteiger partial charge in [0, 0.05) is 50.2 Å². The van der Waals surface area contributed by atoms with Gasteiger partial charge in [-0.25, -0.2) is 4.79 Å². The van der Waals surface area contributed by atoms with Crippen molar-refractivity contribution < 1.29 is 9.53 Å². The van der Waals surface area contributed by atoms with E-state index in [1.807, 2.05) is 34.0 Å². The highest BCUT2D eigenvalue weighted by atomic mass is 16.6. The number of ether oxygens (including phenoxy) is 1. The maximum absolute atomic E-state index is 12.7. The molecule has 0 fully saturated rings. The van der Waals surface area contributed by atoms with Crippen LogP contribution in [0.25, 0.3) is 5.57 Å². The monoisotopic (exact) mass is 371 g/mol. The Morgan fingerprint density at radius 3 is 2.56 bits per heavy atom. The number of fused-ring (bicyclic) bond motifs is 1. The van der Waals surface area contributed by atoms with Gasteiger partial charge in [0.1, 0.15) is 5.60 Å². The van der Waals surface area contributed by atoms with Crippen LogP contribution in [0.5, 0.6) is 0 Å². The molecule has 27 heavy (non-hydrogen) atoms. The molecule has 1 aromatic rings. The van der Waals surface area contributed by atoms with Crippen molar-refractivity contribution in [2.24, 2.45) is 7.05 Å². The van der Waals surface area contributed by atoms with E-state index in [0.29, 0.717) is 25.6 Å². The molecule has 2 aliphatic rings. The first-order chi connectivity index (χ1) is 12.6. The van der Waals surface area contributed by atoms with E-state index in [-0.39, 0.29) is 11.7 Å². The molecule has 1 unspecified atom stereocenters. The standard InChI is InChI=1S/C21H29N3O3/c1-14-7-8-15(11-22(14)5)17-12-23(6)19(25)16-9-10-24(13-18(16)17)20(26)27-21(2,3)4/h7-8,11-12,14H,9-10,13H2,1-6H3. The number of pyridine rings is 1. The second-order valence-electron chi connectivity index (χ2n) is 8.42. The van der Waals surface area contributed by atoms with Crippen molar-refractivity contribution in [1.82, 2.24) is 14.4 Å². The van der Waals surface area contributed by atoms with Gasteiger partial charge < -0.3 is 19.1 Å². The van der Waals surface area contributed by atoms with Crippen molar-refractivity contribution in [3.63, 3.8) is 0 Å². The van der Waals surface area contributed by atoms with Crippen molar-refractivity contribution in [2.75, 3.05) is 13.6 Å². The predicted octanol–water partition coefficient (Wildman–Crippen LogP) is 2.91. The Kier molecular flexibility index (Phi) is 4.93. The SMILES string of the molecule is CC1C=CC(c2cn(C)c(=O)c3c2CN(C(=O)OC(C)(C)C)CC3)=CN1C. The third kappa shape index (κ3) is 3.94. The molecule has 146 valence electrons. The number of carbonyl (C=O) groups is 1. The van der Waals surface area contributed by atoms with Crippen LogP contribution in [0.15, 0.2) is 29.3 Å². The molecule has 0 saturated carbocycles. The van der Waals surface area contributed by atoms with Crippen molar-refractivity contribution >= 4 is 11.7 Å². The molecule has 1 atom stereocenters. The smallest absolute Gasteiger partial charge is 0.410 e. The average Bonchev–Trinajstić information content (AvgIpc) is 2.58. The molecule has 0 N–H and O–H groups in total. The summed E-state index contributed by atoms with van der Waals surface area (Å²) in [6.07, 6.45) is 8.41. The Bertz CT molecular complexity index is 874. The summed E-state index contributed by atoms with van der Waals surface area (Å²) in [5.74, 6) is 0. The Labute approximate surface area is 160 Å². The molecule has 6 heteroatoms. The van der Waals surface area contributed by atoms with Gasteiger partial charge in [-0.3, -0.25) is 4.79 Å². The van der Waals surface area contributed by atoms with Crippen LogP contribution in [-0.4, -0.2) is 45.7 Å². The first-order valence-electron chi connectivity index (χ1n) is 9.38. The van der Waals surface area contributed by atoms with Gasteiger partial charge in [0.25, 0.3) is 5.56 Å². The number of aromatic nitrogens is 1. The molecule has 0 aromatic carbocycles. The van der Waals surface area contributed by atoms with E-state index in [4.69, 9.17) is 4.74 Å². The summed E-state index contributed by atoms with van der Waals surface area (Å²) in [5, 5.41) is 0. The highest BCUT2D eigenvalue weighted by molar-refractivity contribution is 5.78. The first-order valence-corrected chi connectivity index (χ1v) is 9.38. The van der Waals surface area contributed by atoms with E-state index in [9.17, 15) is 9.59 Å². The summed E-state index contributed by atoms with van der Waals surface area (Å²) in [6.45, 7) is 8.59. The molecule has 3 heterocycles. The molecule has 0 radical (unpaired) electrons. The van der Waals surface area contributed by atoms with Crippen LogP contribution in [0.4, 0.5) is 4.79 Å². The largest absolute Gasteiger partial charge is 0.444 e. The second kappa shape index (κ2) is 6.91. The van der Waals surface area contributed by atoms with Crippen LogP contribution < -0.4 is 5.56 Å². The van der Waals surface area contributed by atoms with Crippen LogP contribution in [-0.2, 0) is 24.8 Å². The van der Waals surface area contributed by atoms with E-state index in [1.54, 1.807) is 16.5 Å². The van der Waals surface area contributed by atoms with E-state index in [1.165, 1.54) is 0 Å². The Morgan fingerprint density at radius 2 is 1.93 bits per heavy atom. The van der Waals surface area contributed by atoms with Gasteiger partial charge in [-0.1, -0.05) is 12.2 Å². The maximum Gasteiger partial charge on any atom is 0.410 e. The number of nitrogens with zero attached hydrogens (tertiary/aromatic N) is 3. The minimum atomic E-state index is -0.541. The fourth-order valence-corrected chi connectivity index (χ4v) is 3.44. The lowest BCUT2D eigenvalue weighted by Gasteiger charge is -2.33.